The van der Waals surface area contributed by atoms with Gasteiger partial charge in [-0.2, -0.15) is 5.21 Å². The average Bonchev–Trinajstić information content (AvgIpc) is 2.85. The van der Waals surface area contributed by atoms with Crippen molar-refractivity contribution >= 4 is 0 Å². The van der Waals surface area contributed by atoms with Crippen molar-refractivity contribution in [2.45, 2.75) is 39.2 Å². The Balaban J connectivity index is 1.89. The quantitative estimate of drug-likeness (QED) is 0.869. The summed E-state index contributed by atoms with van der Waals surface area (Å²) in [5, 5.41) is 13.6. The summed E-state index contributed by atoms with van der Waals surface area (Å²) in [4.78, 5) is 0. The molecule has 0 amide bonds. The minimum atomic E-state index is -0.314. The molecule has 0 saturated heterocycles. The van der Waals surface area contributed by atoms with Gasteiger partial charge in [0.05, 0.1) is 6.10 Å². The van der Waals surface area contributed by atoms with Gasteiger partial charge in [-0.3, -0.25) is 0 Å². The highest BCUT2D eigenvalue weighted by Gasteiger charge is 2.07. The minimum Gasteiger partial charge on any atom is -0.488 e. The first-order valence-electron chi connectivity index (χ1n) is 6.32. The van der Waals surface area contributed by atoms with E-state index in [2.05, 4.69) is 20.6 Å². The molecule has 0 spiro atoms. The van der Waals surface area contributed by atoms with E-state index in [1.54, 1.807) is 6.07 Å². The summed E-state index contributed by atoms with van der Waals surface area (Å²) >= 11 is 0. The lowest BCUT2D eigenvalue weighted by atomic mass is 10.1. The number of benzene rings is 1. The van der Waals surface area contributed by atoms with Gasteiger partial charge in [-0.1, -0.05) is 11.3 Å². The summed E-state index contributed by atoms with van der Waals surface area (Å²) < 4.78 is 19.1. The molecule has 1 aromatic heterocycles. The lowest BCUT2D eigenvalue weighted by molar-refractivity contribution is 0.231. The number of hydrogen-bond acceptors (Lipinski definition) is 4. The van der Waals surface area contributed by atoms with E-state index in [1.807, 2.05) is 19.9 Å². The molecule has 0 saturated carbocycles. The van der Waals surface area contributed by atoms with Crippen LogP contribution in [0.2, 0.25) is 0 Å². The van der Waals surface area contributed by atoms with Gasteiger partial charge in [0.15, 0.2) is 17.4 Å². The zero-order chi connectivity index (χ0) is 13.7. The molecule has 102 valence electrons. The molecule has 1 aromatic carbocycles. The molecule has 6 heteroatoms. The van der Waals surface area contributed by atoms with Crippen LogP contribution >= 0.6 is 0 Å². The number of hydrogen-bond donors (Lipinski definition) is 1. The normalized spacial score (nSPS) is 10.9. The van der Waals surface area contributed by atoms with Gasteiger partial charge in [0.1, 0.15) is 0 Å². The smallest absolute Gasteiger partial charge is 0.174 e. The predicted octanol–water partition coefficient (Wildman–Crippen LogP) is 2.30. The minimum absolute atomic E-state index is 0.0291. The Kier molecular flexibility index (Phi) is 4.43. The highest BCUT2D eigenvalue weighted by atomic mass is 19.1. The third kappa shape index (κ3) is 4.01. The van der Waals surface area contributed by atoms with Crippen LogP contribution < -0.4 is 4.74 Å². The number of ether oxygens (including phenoxy) is 1. The second-order valence-electron chi connectivity index (χ2n) is 4.61. The first-order chi connectivity index (χ1) is 9.15. The molecule has 2 aromatic rings. The van der Waals surface area contributed by atoms with Gasteiger partial charge < -0.3 is 4.74 Å². The van der Waals surface area contributed by atoms with Crippen molar-refractivity contribution in [1.29, 1.82) is 0 Å². The molecule has 0 aliphatic rings. The number of aromatic amines is 1. The lowest BCUT2D eigenvalue weighted by Gasteiger charge is -2.11. The van der Waals surface area contributed by atoms with Gasteiger partial charge >= 0.3 is 0 Å². The molecule has 0 aliphatic heterocycles. The molecule has 19 heavy (non-hydrogen) atoms. The van der Waals surface area contributed by atoms with Crippen LogP contribution in [0, 0.1) is 5.82 Å². The topological polar surface area (TPSA) is 63.7 Å². The molecule has 5 nitrogen and oxygen atoms in total. The van der Waals surface area contributed by atoms with Crippen molar-refractivity contribution in [3.63, 3.8) is 0 Å². The number of nitrogens with zero attached hydrogens (tertiary/aromatic N) is 3. The Morgan fingerprint density at radius 1 is 1.32 bits per heavy atom. The molecule has 0 fully saturated rings. The van der Waals surface area contributed by atoms with Gasteiger partial charge in [0.2, 0.25) is 0 Å². The molecule has 1 N–H and O–H groups in total. The predicted molar refractivity (Wildman–Crippen MR) is 68.4 cm³/mol. The molecule has 1 heterocycles. The van der Waals surface area contributed by atoms with Crippen molar-refractivity contribution in [1.82, 2.24) is 20.6 Å². The SMILES string of the molecule is CC(C)Oc1ccc(CCCc2nn[nH]n2)cc1F. The number of aryl methyl sites for hydroxylation is 2. The summed E-state index contributed by atoms with van der Waals surface area (Å²) in [6.45, 7) is 3.75. The highest BCUT2D eigenvalue weighted by Crippen LogP contribution is 2.20. The Morgan fingerprint density at radius 2 is 2.16 bits per heavy atom. The van der Waals surface area contributed by atoms with E-state index in [0.29, 0.717) is 11.6 Å². The summed E-state index contributed by atoms with van der Waals surface area (Å²) in [6, 6.07) is 5.09. The largest absolute Gasteiger partial charge is 0.488 e. The first-order valence-corrected chi connectivity index (χ1v) is 6.32. The van der Waals surface area contributed by atoms with Crippen molar-refractivity contribution < 1.29 is 9.13 Å². The Bertz CT molecular complexity index is 513. The Hall–Kier alpha value is -1.98. The molecular weight excluding hydrogens is 247 g/mol. The van der Waals surface area contributed by atoms with E-state index in [-0.39, 0.29) is 11.9 Å². The van der Waals surface area contributed by atoms with Gasteiger partial charge in [-0.25, -0.2) is 4.39 Å². The summed E-state index contributed by atoms with van der Waals surface area (Å²) in [7, 11) is 0. The van der Waals surface area contributed by atoms with Crippen LogP contribution in [0.4, 0.5) is 4.39 Å². The van der Waals surface area contributed by atoms with Crippen LogP contribution in [-0.4, -0.2) is 26.7 Å². The van der Waals surface area contributed by atoms with E-state index in [9.17, 15) is 4.39 Å². The maximum atomic E-state index is 13.7. The van der Waals surface area contributed by atoms with Crippen LogP contribution in [0.1, 0.15) is 31.7 Å². The maximum Gasteiger partial charge on any atom is 0.174 e. The maximum absolute atomic E-state index is 13.7. The number of halogens is 1. The second kappa shape index (κ2) is 6.26. The Morgan fingerprint density at radius 3 is 2.79 bits per heavy atom. The molecular formula is C13H17FN4O. The zero-order valence-corrected chi connectivity index (χ0v) is 11.1. The lowest BCUT2D eigenvalue weighted by Crippen LogP contribution is -2.07. The highest BCUT2D eigenvalue weighted by molar-refractivity contribution is 5.29. The Labute approximate surface area is 111 Å². The van der Waals surface area contributed by atoms with Gasteiger partial charge in [-0.05, 0) is 44.4 Å². The van der Waals surface area contributed by atoms with E-state index in [0.717, 1.165) is 24.8 Å². The van der Waals surface area contributed by atoms with E-state index in [1.165, 1.54) is 6.07 Å². The summed E-state index contributed by atoms with van der Waals surface area (Å²) in [5.41, 5.74) is 0.942. The van der Waals surface area contributed by atoms with Crippen LogP contribution in [0.3, 0.4) is 0 Å². The molecule has 0 atom stereocenters. The van der Waals surface area contributed by atoms with Gasteiger partial charge in [0.25, 0.3) is 0 Å². The van der Waals surface area contributed by atoms with E-state index >= 15 is 0 Å². The number of tetrazole rings is 1. The number of nitrogens with one attached hydrogen (secondary N) is 1. The summed E-state index contributed by atoms with van der Waals surface area (Å²) in [6.07, 6.45) is 2.32. The van der Waals surface area contributed by atoms with Crippen molar-refractivity contribution in [2.24, 2.45) is 0 Å². The van der Waals surface area contributed by atoms with E-state index < -0.39 is 0 Å². The third-order valence-electron chi connectivity index (χ3n) is 2.61. The van der Waals surface area contributed by atoms with Crippen molar-refractivity contribution in [3.05, 3.63) is 35.4 Å². The molecule has 0 unspecified atom stereocenters. The van der Waals surface area contributed by atoms with E-state index in [4.69, 9.17) is 4.74 Å². The number of H-pyrrole nitrogens is 1. The fourth-order valence-corrected chi connectivity index (χ4v) is 1.79. The van der Waals surface area contributed by atoms with Gasteiger partial charge in [0, 0.05) is 6.42 Å². The van der Waals surface area contributed by atoms with Crippen LogP contribution in [0.5, 0.6) is 5.75 Å². The standard InChI is InChI=1S/C13H17FN4O/c1-9(2)19-12-7-6-10(8-11(12)14)4-3-5-13-15-17-18-16-13/h6-9H,3-5H2,1-2H3,(H,15,16,17,18). The average molecular weight is 264 g/mol. The van der Waals surface area contributed by atoms with Gasteiger partial charge in [-0.15, -0.1) is 10.2 Å². The fraction of sp³-hybridized carbons (Fsp3) is 0.462. The molecule has 0 radical (unpaired) electrons. The third-order valence-corrected chi connectivity index (χ3v) is 2.61. The van der Waals surface area contributed by atoms with Crippen LogP contribution in [0.15, 0.2) is 18.2 Å². The molecule has 2 rings (SSSR count). The molecule has 0 bridgehead atoms. The first kappa shape index (κ1) is 13.5. The van der Waals surface area contributed by atoms with Crippen LogP contribution in [-0.2, 0) is 12.8 Å². The second-order valence-corrected chi connectivity index (χ2v) is 4.61. The summed E-state index contributed by atoms with van der Waals surface area (Å²) in [5.74, 6) is 0.669. The number of aromatic nitrogens is 4. The van der Waals surface area contributed by atoms with Crippen molar-refractivity contribution in [2.75, 3.05) is 0 Å². The van der Waals surface area contributed by atoms with Crippen LogP contribution in [0.25, 0.3) is 0 Å². The monoisotopic (exact) mass is 264 g/mol. The molecule has 0 aliphatic carbocycles. The van der Waals surface area contributed by atoms with Crippen molar-refractivity contribution in [3.8, 4) is 5.75 Å². The fourth-order valence-electron chi connectivity index (χ4n) is 1.79. The zero-order valence-electron chi connectivity index (χ0n) is 11.1. The number of rotatable bonds is 6.